The van der Waals surface area contributed by atoms with E-state index in [-0.39, 0.29) is 12.2 Å². The highest BCUT2D eigenvalue weighted by Gasteiger charge is 2.33. The summed E-state index contributed by atoms with van der Waals surface area (Å²) in [5, 5.41) is 2.80. The van der Waals surface area contributed by atoms with Gasteiger partial charge in [-0.1, -0.05) is 15.9 Å². The number of nitrogens with one attached hydrogen (secondary N) is 1. The summed E-state index contributed by atoms with van der Waals surface area (Å²) >= 11 is 3.06. The second-order valence-electron chi connectivity index (χ2n) is 4.17. The van der Waals surface area contributed by atoms with Crippen molar-refractivity contribution in [3.05, 3.63) is 46.5 Å². The van der Waals surface area contributed by atoms with Crippen molar-refractivity contribution in [1.29, 1.82) is 0 Å². The summed E-state index contributed by atoms with van der Waals surface area (Å²) in [5.41, 5.74) is -0.646. The minimum atomic E-state index is -4.40. The molecule has 3 nitrogen and oxygen atoms in total. The number of aryl methyl sites for hydroxylation is 1. The summed E-state index contributed by atoms with van der Waals surface area (Å²) in [4.78, 5) is 4.12. The Labute approximate surface area is 123 Å². The van der Waals surface area contributed by atoms with E-state index in [0.717, 1.165) is 12.6 Å². The zero-order chi connectivity index (χ0) is 14.8. The summed E-state index contributed by atoms with van der Waals surface area (Å²) in [5.74, 6) is 0.698. The summed E-state index contributed by atoms with van der Waals surface area (Å²) in [6.07, 6.45) is -0.970. The maximum absolute atomic E-state index is 13.0. The van der Waals surface area contributed by atoms with E-state index >= 15 is 0 Å². The van der Waals surface area contributed by atoms with Crippen LogP contribution < -0.4 is 5.32 Å². The number of rotatable bonds is 4. The van der Waals surface area contributed by atoms with Gasteiger partial charge in [-0.15, -0.1) is 0 Å². The second-order valence-corrected chi connectivity index (χ2v) is 5.09. The van der Waals surface area contributed by atoms with E-state index in [1.165, 1.54) is 6.07 Å². The van der Waals surface area contributed by atoms with E-state index in [4.69, 9.17) is 0 Å². The van der Waals surface area contributed by atoms with Crippen molar-refractivity contribution in [1.82, 2.24) is 9.55 Å². The summed E-state index contributed by atoms with van der Waals surface area (Å²) in [6, 6.07) is 4.05. The zero-order valence-corrected chi connectivity index (χ0v) is 12.3. The number of anilines is 1. The molecule has 1 aromatic heterocycles. The minimum Gasteiger partial charge on any atom is -0.377 e. The molecule has 20 heavy (non-hydrogen) atoms. The average Bonchev–Trinajstić information content (AvgIpc) is 2.83. The molecule has 0 aliphatic carbocycles. The van der Waals surface area contributed by atoms with Gasteiger partial charge in [0.1, 0.15) is 5.82 Å². The summed E-state index contributed by atoms with van der Waals surface area (Å²) in [7, 11) is 0. The predicted molar refractivity (Wildman–Crippen MR) is 74.4 cm³/mol. The molecule has 108 valence electrons. The Kier molecular flexibility index (Phi) is 4.37. The van der Waals surface area contributed by atoms with Gasteiger partial charge < -0.3 is 9.88 Å². The Bertz CT molecular complexity index is 593. The lowest BCUT2D eigenvalue weighted by atomic mass is 10.1. The van der Waals surface area contributed by atoms with Crippen LogP contribution in [0.2, 0.25) is 0 Å². The Balaban J connectivity index is 2.22. The van der Waals surface area contributed by atoms with Crippen molar-refractivity contribution in [2.24, 2.45) is 0 Å². The van der Waals surface area contributed by atoms with E-state index in [1.807, 2.05) is 11.5 Å². The van der Waals surface area contributed by atoms with E-state index in [9.17, 15) is 13.2 Å². The van der Waals surface area contributed by atoms with Gasteiger partial charge in [-0.05, 0) is 25.1 Å². The van der Waals surface area contributed by atoms with Crippen LogP contribution in [0.1, 0.15) is 18.3 Å². The lowest BCUT2D eigenvalue weighted by molar-refractivity contribution is -0.137. The Morgan fingerprint density at radius 3 is 2.75 bits per heavy atom. The van der Waals surface area contributed by atoms with Crippen molar-refractivity contribution in [3.63, 3.8) is 0 Å². The van der Waals surface area contributed by atoms with Crippen LogP contribution in [0.5, 0.6) is 0 Å². The molecule has 0 atom stereocenters. The fraction of sp³-hybridized carbons (Fsp3) is 0.308. The molecule has 0 fully saturated rings. The second kappa shape index (κ2) is 5.87. The van der Waals surface area contributed by atoms with Gasteiger partial charge >= 0.3 is 6.18 Å². The molecular weight excluding hydrogens is 335 g/mol. The number of halogens is 4. The molecule has 0 spiro atoms. The van der Waals surface area contributed by atoms with Crippen LogP contribution in [-0.2, 0) is 19.3 Å². The van der Waals surface area contributed by atoms with Crippen molar-refractivity contribution in [3.8, 4) is 0 Å². The number of imidazole rings is 1. The monoisotopic (exact) mass is 347 g/mol. The van der Waals surface area contributed by atoms with Crippen LogP contribution in [-0.4, -0.2) is 9.55 Å². The largest absolute Gasteiger partial charge is 0.418 e. The number of benzene rings is 1. The Morgan fingerprint density at radius 1 is 1.35 bits per heavy atom. The minimum absolute atomic E-state index is 0.0475. The highest BCUT2D eigenvalue weighted by atomic mass is 79.9. The van der Waals surface area contributed by atoms with Crippen molar-refractivity contribution in [2.75, 3.05) is 5.32 Å². The van der Waals surface area contributed by atoms with Gasteiger partial charge in [0.2, 0.25) is 0 Å². The van der Waals surface area contributed by atoms with Crippen LogP contribution in [0.3, 0.4) is 0 Å². The molecule has 0 bridgehead atoms. The van der Waals surface area contributed by atoms with Crippen molar-refractivity contribution in [2.45, 2.75) is 26.2 Å². The van der Waals surface area contributed by atoms with Crippen molar-refractivity contribution >= 4 is 21.6 Å². The lowest BCUT2D eigenvalue weighted by Gasteiger charge is -2.15. The molecule has 1 N–H and O–H groups in total. The third-order valence-corrected chi connectivity index (χ3v) is 3.36. The highest BCUT2D eigenvalue weighted by molar-refractivity contribution is 9.10. The first-order valence-corrected chi connectivity index (χ1v) is 6.81. The summed E-state index contributed by atoms with van der Waals surface area (Å²) in [6.45, 7) is 2.92. The maximum atomic E-state index is 13.0. The normalized spacial score (nSPS) is 11.7. The van der Waals surface area contributed by atoms with Crippen LogP contribution in [0.15, 0.2) is 35.1 Å². The molecule has 0 saturated heterocycles. The van der Waals surface area contributed by atoms with E-state index in [0.29, 0.717) is 10.3 Å². The Morgan fingerprint density at radius 2 is 2.10 bits per heavy atom. The third kappa shape index (κ3) is 3.33. The van der Waals surface area contributed by atoms with Gasteiger partial charge in [-0.2, -0.15) is 13.2 Å². The molecule has 0 saturated carbocycles. The van der Waals surface area contributed by atoms with Crippen molar-refractivity contribution < 1.29 is 13.2 Å². The molecule has 0 radical (unpaired) electrons. The predicted octanol–water partition coefficient (Wildman–Crippen LogP) is 4.30. The fourth-order valence-corrected chi connectivity index (χ4v) is 2.24. The maximum Gasteiger partial charge on any atom is 0.418 e. The number of hydrogen-bond donors (Lipinski definition) is 1. The number of nitrogens with zero attached hydrogens (tertiary/aromatic N) is 2. The molecule has 0 aliphatic rings. The molecule has 0 aliphatic heterocycles. The van der Waals surface area contributed by atoms with Gasteiger partial charge in [0.15, 0.2) is 0 Å². The van der Waals surface area contributed by atoms with Crippen LogP contribution in [0, 0.1) is 0 Å². The molecule has 7 heteroatoms. The van der Waals surface area contributed by atoms with Crippen LogP contribution >= 0.6 is 15.9 Å². The molecule has 0 amide bonds. The van der Waals surface area contributed by atoms with E-state index in [2.05, 4.69) is 26.2 Å². The zero-order valence-electron chi connectivity index (χ0n) is 10.7. The topological polar surface area (TPSA) is 29.9 Å². The molecular formula is C13H13BrF3N3. The first-order chi connectivity index (χ1) is 9.41. The third-order valence-electron chi connectivity index (χ3n) is 2.87. The molecule has 0 unspecified atom stereocenters. The molecule has 2 aromatic rings. The first-order valence-electron chi connectivity index (χ1n) is 6.02. The van der Waals surface area contributed by atoms with Crippen LogP contribution in [0.25, 0.3) is 0 Å². The fourth-order valence-electron chi connectivity index (χ4n) is 1.87. The standard InChI is InChI=1S/C13H13BrF3N3/c1-2-20-6-5-18-12(20)8-19-11-4-3-9(14)7-10(11)13(15,16)17/h3-7,19H,2,8H2,1H3. The van der Waals surface area contributed by atoms with E-state index < -0.39 is 11.7 Å². The Hall–Kier alpha value is -1.50. The highest BCUT2D eigenvalue weighted by Crippen LogP contribution is 2.36. The van der Waals surface area contributed by atoms with Crippen LogP contribution in [0.4, 0.5) is 18.9 Å². The first kappa shape index (κ1) is 14.9. The number of aromatic nitrogens is 2. The quantitative estimate of drug-likeness (QED) is 0.893. The molecule has 2 rings (SSSR count). The smallest absolute Gasteiger partial charge is 0.377 e. The van der Waals surface area contributed by atoms with Gasteiger partial charge in [-0.3, -0.25) is 0 Å². The average molecular weight is 348 g/mol. The number of alkyl halides is 3. The van der Waals surface area contributed by atoms with Gasteiger partial charge in [0.25, 0.3) is 0 Å². The van der Waals surface area contributed by atoms with Gasteiger partial charge in [0.05, 0.1) is 12.1 Å². The van der Waals surface area contributed by atoms with Gasteiger partial charge in [-0.25, -0.2) is 4.98 Å². The number of hydrogen-bond acceptors (Lipinski definition) is 2. The summed E-state index contributed by atoms with van der Waals surface area (Å²) < 4.78 is 41.1. The van der Waals surface area contributed by atoms with Gasteiger partial charge in [0, 0.05) is 29.1 Å². The SMILES string of the molecule is CCn1ccnc1CNc1ccc(Br)cc1C(F)(F)F. The molecule has 1 aromatic carbocycles. The molecule has 1 heterocycles. The van der Waals surface area contributed by atoms with E-state index in [1.54, 1.807) is 18.5 Å². The lowest BCUT2D eigenvalue weighted by Crippen LogP contribution is -2.13.